The summed E-state index contributed by atoms with van der Waals surface area (Å²) in [5.41, 5.74) is 0. The molecule has 0 bridgehead atoms. The number of aliphatic hydroxyl groups is 1. The fourth-order valence-corrected chi connectivity index (χ4v) is 3.65. The van der Waals surface area contributed by atoms with Crippen LogP contribution >= 0.6 is 0 Å². The second kappa shape index (κ2) is 7.99. The number of carbonyl (C=O) groups excluding carboxylic acids is 1. The molecule has 0 aromatic heterocycles. The molecule has 2 aliphatic rings. The molecule has 2 atom stereocenters. The van der Waals surface area contributed by atoms with Crippen molar-refractivity contribution in [1.29, 1.82) is 0 Å². The van der Waals surface area contributed by atoms with Crippen LogP contribution in [-0.4, -0.2) is 66.8 Å². The van der Waals surface area contributed by atoms with Crippen molar-refractivity contribution in [2.24, 2.45) is 5.92 Å². The summed E-state index contributed by atoms with van der Waals surface area (Å²) in [6, 6.07) is 1.07. The van der Waals surface area contributed by atoms with Gasteiger partial charge in [-0.15, -0.1) is 0 Å². The molecular weight excluding hydrogens is 266 g/mol. The molecule has 5 heteroatoms. The average molecular weight is 297 g/mol. The van der Waals surface area contributed by atoms with Gasteiger partial charge in [0.2, 0.25) is 0 Å². The summed E-state index contributed by atoms with van der Waals surface area (Å²) in [6.45, 7) is 1.98. The summed E-state index contributed by atoms with van der Waals surface area (Å²) in [7, 11) is 3.62. The normalized spacial score (nSPS) is 28.2. The van der Waals surface area contributed by atoms with Gasteiger partial charge in [-0.1, -0.05) is 19.3 Å². The molecule has 0 aromatic rings. The fourth-order valence-electron chi connectivity index (χ4n) is 3.65. The van der Waals surface area contributed by atoms with Gasteiger partial charge in [0, 0.05) is 45.9 Å². The molecule has 0 radical (unpaired) electrons. The molecule has 0 aromatic carbocycles. The number of piperidine rings is 1. The van der Waals surface area contributed by atoms with E-state index >= 15 is 0 Å². The van der Waals surface area contributed by atoms with Crippen molar-refractivity contribution in [2.75, 3.05) is 33.8 Å². The summed E-state index contributed by atoms with van der Waals surface area (Å²) in [6.07, 6.45) is 8.19. The van der Waals surface area contributed by atoms with E-state index < -0.39 is 0 Å². The highest BCUT2D eigenvalue weighted by Crippen LogP contribution is 2.24. The van der Waals surface area contributed by atoms with Crippen LogP contribution in [0.3, 0.4) is 0 Å². The first-order chi connectivity index (χ1) is 10.1. The largest absolute Gasteiger partial charge is 0.396 e. The van der Waals surface area contributed by atoms with E-state index in [1.165, 1.54) is 25.7 Å². The molecule has 1 saturated carbocycles. The highest BCUT2D eigenvalue weighted by atomic mass is 16.3. The number of aliphatic hydroxyl groups excluding tert-OH is 1. The number of urea groups is 1. The Hall–Kier alpha value is -0.810. The number of likely N-dealkylation sites (tertiary alicyclic amines) is 1. The van der Waals surface area contributed by atoms with Gasteiger partial charge in [0.05, 0.1) is 0 Å². The van der Waals surface area contributed by atoms with Crippen LogP contribution in [0.25, 0.3) is 0 Å². The first-order valence-corrected chi connectivity index (χ1v) is 8.45. The number of nitrogens with one attached hydrogen (secondary N) is 1. The predicted molar refractivity (Wildman–Crippen MR) is 84.3 cm³/mol. The monoisotopic (exact) mass is 297 g/mol. The number of hydrogen-bond acceptors (Lipinski definition) is 3. The van der Waals surface area contributed by atoms with Crippen LogP contribution < -0.4 is 5.32 Å². The summed E-state index contributed by atoms with van der Waals surface area (Å²) in [5.74, 6) is 0.411. The lowest BCUT2D eigenvalue weighted by atomic mass is 9.93. The van der Waals surface area contributed by atoms with Crippen LogP contribution in [0.5, 0.6) is 0 Å². The van der Waals surface area contributed by atoms with E-state index in [4.69, 9.17) is 0 Å². The Kier molecular flexibility index (Phi) is 6.30. The third-order valence-corrected chi connectivity index (χ3v) is 4.99. The molecule has 1 saturated heterocycles. The zero-order valence-electron chi connectivity index (χ0n) is 13.6. The molecule has 0 spiro atoms. The minimum atomic E-state index is 0.121. The molecule has 1 aliphatic carbocycles. The maximum absolute atomic E-state index is 11.9. The summed E-state index contributed by atoms with van der Waals surface area (Å²) >= 11 is 0. The van der Waals surface area contributed by atoms with Crippen LogP contribution in [0.1, 0.15) is 44.9 Å². The molecular formula is C16H31N3O2. The second-order valence-corrected chi connectivity index (χ2v) is 6.79. The standard InChI is InChI=1S/C16H31N3O2/c1-18(2)16(21)19-10-8-14(9-11-19)17-15-7-5-3-4-6-13(15)12-20/h13-15,17,20H,3-12H2,1-2H3. The maximum Gasteiger partial charge on any atom is 0.319 e. The van der Waals surface area contributed by atoms with Crippen molar-refractivity contribution < 1.29 is 9.90 Å². The predicted octanol–water partition coefficient (Wildman–Crippen LogP) is 1.66. The van der Waals surface area contributed by atoms with Crippen molar-refractivity contribution in [3.63, 3.8) is 0 Å². The van der Waals surface area contributed by atoms with E-state index in [1.807, 2.05) is 19.0 Å². The van der Waals surface area contributed by atoms with Gasteiger partial charge in [0.25, 0.3) is 0 Å². The number of hydrogen-bond donors (Lipinski definition) is 2. The second-order valence-electron chi connectivity index (χ2n) is 6.79. The first kappa shape index (κ1) is 16.6. The van der Waals surface area contributed by atoms with Crippen molar-refractivity contribution in [3.8, 4) is 0 Å². The summed E-state index contributed by atoms with van der Waals surface area (Å²) < 4.78 is 0. The van der Waals surface area contributed by atoms with E-state index in [0.717, 1.165) is 32.4 Å². The van der Waals surface area contributed by atoms with Gasteiger partial charge in [-0.3, -0.25) is 0 Å². The molecule has 2 rings (SSSR count). The van der Waals surface area contributed by atoms with Crippen LogP contribution in [0.2, 0.25) is 0 Å². The van der Waals surface area contributed by atoms with Gasteiger partial charge in [-0.25, -0.2) is 4.79 Å². The topological polar surface area (TPSA) is 55.8 Å². The van der Waals surface area contributed by atoms with Crippen molar-refractivity contribution in [3.05, 3.63) is 0 Å². The van der Waals surface area contributed by atoms with Crippen LogP contribution in [0.15, 0.2) is 0 Å². The Morgan fingerprint density at radius 1 is 1.14 bits per heavy atom. The van der Waals surface area contributed by atoms with E-state index in [-0.39, 0.29) is 6.03 Å². The Morgan fingerprint density at radius 3 is 2.43 bits per heavy atom. The maximum atomic E-state index is 11.9. The summed E-state index contributed by atoms with van der Waals surface area (Å²) in [4.78, 5) is 15.5. The molecule has 21 heavy (non-hydrogen) atoms. The van der Waals surface area contributed by atoms with Crippen molar-refractivity contribution in [2.45, 2.75) is 57.0 Å². The molecule has 2 N–H and O–H groups in total. The molecule has 2 fully saturated rings. The molecule has 5 nitrogen and oxygen atoms in total. The van der Waals surface area contributed by atoms with E-state index in [0.29, 0.717) is 24.6 Å². The third-order valence-electron chi connectivity index (χ3n) is 4.99. The molecule has 1 heterocycles. The van der Waals surface area contributed by atoms with Crippen LogP contribution in [-0.2, 0) is 0 Å². The van der Waals surface area contributed by atoms with Gasteiger partial charge < -0.3 is 20.2 Å². The smallest absolute Gasteiger partial charge is 0.319 e. The van der Waals surface area contributed by atoms with Crippen molar-refractivity contribution >= 4 is 6.03 Å². The lowest BCUT2D eigenvalue weighted by molar-refractivity contribution is 0.138. The van der Waals surface area contributed by atoms with E-state index in [1.54, 1.807) is 4.90 Å². The Balaban J connectivity index is 1.80. The summed E-state index contributed by atoms with van der Waals surface area (Å²) in [5, 5.41) is 13.4. The fraction of sp³-hybridized carbons (Fsp3) is 0.938. The SMILES string of the molecule is CN(C)C(=O)N1CCC(NC2CCCCCC2CO)CC1. The average Bonchev–Trinajstić information content (AvgIpc) is 2.72. The third kappa shape index (κ3) is 4.58. The van der Waals surface area contributed by atoms with Gasteiger partial charge in [-0.05, 0) is 31.6 Å². The van der Waals surface area contributed by atoms with Gasteiger partial charge in [0.15, 0.2) is 0 Å². The first-order valence-electron chi connectivity index (χ1n) is 8.45. The Labute approximate surface area is 128 Å². The van der Waals surface area contributed by atoms with Gasteiger partial charge in [-0.2, -0.15) is 0 Å². The van der Waals surface area contributed by atoms with E-state index in [9.17, 15) is 9.90 Å². The highest BCUT2D eigenvalue weighted by molar-refractivity contribution is 5.73. The number of nitrogens with zero attached hydrogens (tertiary/aromatic N) is 2. The van der Waals surface area contributed by atoms with Crippen LogP contribution in [0.4, 0.5) is 4.79 Å². The molecule has 1 aliphatic heterocycles. The zero-order valence-corrected chi connectivity index (χ0v) is 13.6. The number of amides is 2. The van der Waals surface area contributed by atoms with Gasteiger partial charge in [0.1, 0.15) is 0 Å². The molecule has 2 amide bonds. The molecule has 2 unspecified atom stereocenters. The quantitative estimate of drug-likeness (QED) is 0.779. The minimum Gasteiger partial charge on any atom is -0.396 e. The Bertz CT molecular complexity index is 327. The lowest BCUT2D eigenvalue weighted by Crippen LogP contribution is -2.51. The zero-order chi connectivity index (χ0) is 15.2. The lowest BCUT2D eigenvalue weighted by Gasteiger charge is -2.37. The highest BCUT2D eigenvalue weighted by Gasteiger charge is 2.28. The minimum absolute atomic E-state index is 0.121. The van der Waals surface area contributed by atoms with Crippen molar-refractivity contribution in [1.82, 2.24) is 15.1 Å². The molecule has 122 valence electrons. The van der Waals surface area contributed by atoms with E-state index in [2.05, 4.69) is 5.32 Å². The van der Waals surface area contributed by atoms with Crippen LogP contribution in [0, 0.1) is 5.92 Å². The van der Waals surface area contributed by atoms with Gasteiger partial charge >= 0.3 is 6.03 Å². The number of rotatable bonds is 3. The Morgan fingerprint density at radius 2 is 1.81 bits per heavy atom. The number of carbonyl (C=O) groups is 1.